The van der Waals surface area contributed by atoms with Crippen LogP contribution in [0.1, 0.15) is 49.7 Å². The lowest BCUT2D eigenvalue weighted by molar-refractivity contribution is -0.956. The molecule has 3 aliphatic rings. The highest BCUT2D eigenvalue weighted by atomic mass is 16.6. The zero-order valence-electron chi connectivity index (χ0n) is 17.0. The number of piperidine rings is 1. The van der Waals surface area contributed by atoms with Crippen LogP contribution in [0.3, 0.4) is 0 Å². The molecule has 3 aliphatic heterocycles. The van der Waals surface area contributed by atoms with Crippen molar-refractivity contribution in [2.75, 3.05) is 13.1 Å². The van der Waals surface area contributed by atoms with Gasteiger partial charge in [0.05, 0.1) is 31.3 Å². The Labute approximate surface area is 173 Å². The number of aliphatic hydroxyl groups excluding tert-OH is 1. The molecule has 2 aromatic rings. The summed E-state index contributed by atoms with van der Waals surface area (Å²) in [6.07, 6.45) is 5.95. The van der Waals surface area contributed by atoms with Crippen LogP contribution in [0, 0.1) is 0 Å². The quantitative estimate of drug-likeness (QED) is 0.602. The van der Waals surface area contributed by atoms with Crippen LogP contribution in [0.2, 0.25) is 0 Å². The normalized spacial score (nSPS) is 29.2. The number of benzene rings is 2. The van der Waals surface area contributed by atoms with Gasteiger partial charge in [-0.1, -0.05) is 60.7 Å². The SMILES string of the molecule is OC(OC1CC2CCC(C1)[N+]21CCCC1)C(O)(c1ccccc1)c1ccccc1. The molecule has 0 saturated carbocycles. The molecule has 1 spiro atoms. The smallest absolute Gasteiger partial charge is 0.192 e. The first-order valence-corrected chi connectivity index (χ1v) is 11.2. The Bertz CT molecular complexity index is 763. The maximum Gasteiger partial charge on any atom is 0.192 e. The van der Waals surface area contributed by atoms with E-state index in [1.165, 1.54) is 43.3 Å². The van der Waals surface area contributed by atoms with Gasteiger partial charge in [-0.15, -0.1) is 0 Å². The van der Waals surface area contributed by atoms with Gasteiger partial charge in [-0.3, -0.25) is 0 Å². The molecule has 0 aliphatic carbocycles. The molecule has 2 N–H and O–H groups in total. The summed E-state index contributed by atoms with van der Waals surface area (Å²) in [5, 5.41) is 22.9. The van der Waals surface area contributed by atoms with Gasteiger partial charge in [0.2, 0.25) is 0 Å². The molecule has 0 radical (unpaired) electrons. The molecule has 0 aromatic heterocycles. The van der Waals surface area contributed by atoms with Gasteiger partial charge in [0.15, 0.2) is 11.9 Å². The van der Waals surface area contributed by atoms with Crippen LogP contribution in [-0.2, 0) is 10.3 Å². The zero-order chi connectivity index (χ0) is 19.9. The first-order valence-electron chi connectivity index (χ1n) is 11.2. The van der Waals surface area contributed by atoms with Gasteiger partial charge in [0, 0.05) is 38.5 Å². The lowest BCUT2D eigenvalue weighted by Gasteiger charge is -2.48. The van der Waals surface area contributed by atoms with Crippen LogP contribution in [-0.4, -0.2) is 52.3 Å². The van der Waals surface area contributed by atoms with Crippen molar-refractivity contribution in [1.82, 2.24) is 0 Å². The Balaban J connectivity index is 1.39. The van der Waals surface area contributed by atoms with Crippen molar-refractivity contribution in [3.63, 3.8) is 0 Å². The van der Waals surface area contributed by atoms with Gasteiger partial charge < -0.3 is 19.4 Å². The summed E-state index contributed by atoms with van der Waals surface area (Å²) in [7, 11) is 0. The second-order valence-electron chi connectivity index (χ2n) is 9.22. The summed E-state index contributed by atoms with van der Waals surface area (Å²) in [5.41, 5.74) is -0.278. The molecule has 3 atom stereocenters. The Morgan fingerprint density at radius 3 is 1.79 bits per heavy atom. The van der Waals surface area contributed by atoms with E-state index in [0.29, 0.717) is 23.2 Å². The lowest BCUT2D eigenvalue weighted by atomic mass is 9.85. The van der Waals surface area contributed by atoms with Crippen LogP contribution in [0.5, 0.6) is 0 Å². The number of hydrogen-bond acceptors (Lipinski definition) is 3. The van der Waals surface area contributed by atoms with Crippen molar-refractivity contribution in [1.29, 1.82) is 0 Å². The monoisotopic (exact) mass is 394 g/mol. The van der Waals surface area contributed by atoms with E-state index in [2.05, 4.69) is 0 Å². The third-order valence-corrected chi connectivity index (χ3v) is 7.86. The van der Waals surface area contributed by atoms with Crippen molar-refractivity contribution in [2.45, 2.75) is 68.6 Å². The van der Waals surface area contributed by atoms with Gasteiger partial charge in [0.1, 0.15) is 0 Å². The molecule has 3 heterocycles. The number of aliphatic hydroxyl groups is 2. The standard InChI is InChI=1S/C25H32NO3/c27-24(25(28,19-9-3-1-4-10-19)20-11-5-2-6-12-20)29-23-17-21-13-14-22(18-23)26(21)15-7-8-16-26/h1-6,9-12,21-24,27-28H,7-8,13-18H2/q+1. The fourth-order valence-electron chi connectivity index (χ4n) is 6.44. The van der Waals surface area contributed by atoms with E-state index in [1.54, 1.807) is 0 Å². The van der Waals surface area contributed by atoms with E-state index in [0.717, 1.165) is 12.8 Å². The van der Waals surface area contributed by atoms with E-state index in [1.807, 2.05) is 60.7 Å². The number of ether oxygens (including phenoxy) is 1. The van der Waals surface area contributed by atoms with E-state index < -0.39 is 11.9 Å². The predicted molar refractivity (Wildman–Crippen MR) is 112 cm³/mol. The molecule has 3 fully saturated rings. The number of hydrogen-bond donors (Lipinski definition) is 2. The fourth-order valence-corrected chi connectivity index (χ4v) is 6.44. The average molecular weight is 395 g/mol. The van der Waals surface area contributed by atoms with Gasteiger partial charge in [0.25, 0.3) is 0 Å². The van der Waals surface area contributed by atoms with Crippen molar-refractivity contribution >= 4 is 0 Å². The first kappa shape index (κ1) is 19.3. The summed E-state index contributed by atoms with van der Waals surface area (Å²) in [6, 6.07) is 20.1. The minimum Gasteiger partial charge on any atom is -0.375 e. The molecule has 2 aromatic carbocycles. The second-order valence-corrected chi connectivity index (χ2v) is 9.22. The van der Waals surface area contributed by atoms with Crippen LogP contribution in [0.15, 0.2) is 60.7 Å². The summed E-state index contributed by atoms with van der Waals surface area (Å²) in [4.78, 5) is 0. The van der Waals surface area contributed by atoms with Crippen molar-refractivity contribution in [2.24, 2.45) is 0 Å². The number of nitrogens with zero attached hydrogens (tertiary/aromatic N) is 1. The molecule has 5 rings (SSSR count). The maximum absolute atomic E-state index is 11.7. The van der Waals surface area contributed by atoms with Gasteiger partial charge in [-0.2, -0.15) is 0 Å². The lowest BCUT2D eigenvalue weighted by Crippen LogP contribution is -2.60. The van der Waals surface area contributed by atoms with Gasteiger partial charge in [-0.05, 0) is 11.1 Å². The minimum atomic E-state index is -1.58. The van der Waals surface area contributed by atoms with Crippen molar-refractivity contribution in [3.05, 3.63) is 71.8 Å². The highest BCUT2D eigenvalue weighted by Crippen LogP contribution is 2.47. The zero-order valence-corrected chi connectivity index (χ0v) is 17.0. The molecular formula is C25H32NO3+. The average Bonchev–Trinajstić information content (AvgIpc) is 3.31. The summed E-state index contributed by atoms with van der Waals surface area (Å²) >= 11 is 0. The molecule has 4 heteroatoms. The van der Waals surface area contributed by atoms with E-state index in [4.69, 9.17) is 4.74 Å². The van der Waals surface area contributed by atoms with Crippen LogP contribution in [0.25, 0.3) is 0 Å². The molecule has 29 heavy (non-hydrogen) atoms. The Morgan fingerprint density at radius 2 is 1.31 bits per heavy atom. The highest BCUT2D eigenvalue weighted by Gasteiger charge is 2.56. The Hall–Kier alpha value is -1.72. The number of rotatable bonds is 5. The van der Waals surface area contributed by atoms with Crippen molar-refractivity contribution < 1.29 is 19.4 Å². The van der Waals surface area contributed by atoms with E-state index >= 15 is 0 Å². The van der Waals surface area contributed by atoms with E-state index in [-0.39, 0.29) is 6.10 Å². The third-order valence-electron chi connectivity index (χ3n) is 7.86. The van der Waals surface area contributed by atoms with Crippen LogP contribution in [0.4, 0.5) is 0 Å². The summed E-state index contributed by atoms with van der Waals surface area (Å²) in [5.74, 6) is 0. The third kappa shape index (κ3) is 3.14. The Morgan fingerprint density at radius 1 is 0.828 bits per heavy atom. The second kappa shape index (κ2) is 7.51. The maximum atomic E-state index is 11.7. The molecule has 0 amide bonds. The predicted octanol–water partition coefficient (Wildman–Crippen LogP) is 3.56. The van der Waals surface area contributed by atoms with Crippen LogP contribution >= 0.6 is 0 Å². The topological polar surface area (TPSA) is 49.7 Å². The molecule has 4 nitrogen and oxygen atoms in total. The summed E-state index contributed by atoms with van der Waals surface area (Å²) in [6.45, 7) is 2.64. The number of quaternary nitrogens is 1. The molecular weight excluding hydrogens is 362 g/mol. The van der Waals surface area contributed by atoms with E-state index in [9.17, 15) is 10.2 Å². The summed E-state index contributed by atoms with van der Waals surface area (Å²) < 4.78 is 7.55. The van der Waals surface area contributed by atoms with Crippen molar-refractivity contribution in [3.8, 4) is 0 Å². The minimum absolute atomic E-state index is 0.00537. The molecule has 154 valence electrons. The van der Waals surface area contributed by atoms with Crippen LogP contribution < -0.4 is 0 Å². The largest absolute Gasteiger partial charge is 0.375 e. The first-order chi connectivity index (χ1) is 14.1. The molecule has 3 saturated heterocycles. The highest BCUT2D eigenvalue weighted by molar-refractivity contribution is 5.36. The van der Waals surface area contributed by atoms with Gasteiger partial charge >= 0.3 is 0 Å². The molecule has 2 bridgehead atoms. The fraction of sp³-hybridized carbons (Fsp3) is 0.520. The van der Waals surface area contributed by atoms with Gasteiger partial charge in [-0.25, -0.2) is 0 Å². The molecule has 3 unspecified atom stereocenters. The Kier molecular flexibility index (Phi) is 4.99.